The number of para-hydroxylation sites is 1. The van der Waals surface area contributed by atoms with E-state index >= 15 is 0 Å². The Balaban J connectivity index is 1.31. The fourth-order valence-electron chi connectivity index (χ4n) is 4.92. The fraction of sp³-hybridized carbons (Fsp3) is 0.423. The van der Waals surface area contributed by atoms with Crippen molar-refractivity contribution < 1.29 is 14.0 Å². The summed E-state index contributed by atoms with van der Waals surface area (Å²) in [5.41, 5.74) is 2.06. The number of nitrogens with zero attached hydrogens (tertiary/aromatic N) is 4. The first kappa shape index (κ1) is 21.6. The Labute approximate surface area is 194 Å². The van der Waals surface area contributed by atoms with Crippen LogP contribution in [-0.4, -0.2) is 76.8 Å². The highest BCUT2D eigenvalue weighted by molar-refractivity contribution is 6.07. The number of pyridine rings is 1. The Kier molecular flexibility index (Phi) is 6.13. The van der Waals surface area contributed by atoms with Crippen LogP contribution in [0.2, 0.25) is 0 Å². The second kappa shape index (κ2) is 9.35. The van der Waals surface area contributed by atoms with Crippen molar-refractivity contribution in [3.63, 3.8) is 0 Å². The van der Waals surface area contributed by atoms with Crippen LogP contribution >= 0.6 is 0 Å². The molecule has 33 heavy (non-hydrogen) atoms. The molecule has 2 aromatic heterocycles. The van der Waals surface area contributed by atoms with E-state index in [-0.39, 0.29) is 17.9 Å². The van der Waals surface area contributed by atoms with Gasteiger partial charge in [0.2, 0.25) is 5.91 Å². The third-order valence-electron chi connectivity index (χ3n) is 6.89. The fourth-order valence-corrected chi connectivity index (χ4v) is 4.92. The second-order valence-electron chi connectivity index (χ2n) is 8.94. The number of amides is 2. The van der Waals surface area contributed by atoms with Crippen LogP contribution in [0.15, 0.2) is 53.1 Å². The number of rotatable bonds is 4. The average Bonchev–Trinajstić information content (AvgIpc) is 3.42. The van der Waals surface area contributed by atoms with Gasteiger partial charge in [-0.3, -0.25) is 14.5 Å². The van der Waals surface area contributed by atoms with Crippen LogP contribution in [0.5, 0.6) is 0 Å². The normalized spacial score (nSPS) is 18.5. The maximum atomic E-state index is 13.6. The maximum absolute atomic E-state index is 13.6. The van der Waals surface area contributed by atoms with E-state index in [1.165, 1.54) is 6.42 Å². The first-order valence-corrected chi connectivity index (χ1v) is 11.9. The van der Waals surface area contributed by atoms with Crippen molar-refractivity contribution >= 4 is 22.7 Å². The molecule has 2 amide bonds. The number of hydrogen-bond acceptors (Lipinski definition) is 5. The maximum Gasteiger partial charge on any atom is 0.254 e. The lowest BCUT2D eigenvalue weighted by atomic mass is 10.0. The largest absolute Gasteiger partial charge is 0.463 e. The van der Waals surface area contributed by atoms with E-state index in [1.54, 1.807) is 6.26 Å². The number of likely N-dealkylation sites (tertiary alicyclic amines) is 1. The number of hydrogen-bond donors (Lipinski definition) is 0. The van der Waals surface area contributed by atoms with Gasteiger partial charge >= 0.3 is 0 Å². The highest BCUT2D eigenvalue weighted by Crippen LogP contribution is 2.26. The van der Waals surface area contributed by atoms with Crippen molar-refractivity contribution in [3.05, 3.63) is 54.3 Å². The van der Waals surface area contributed by atoms with Crippen LogP contribution < -0.4 is 0 Å². The zero-order chi connectivity index (χ0) is 22.8. The first-order valence-electron chi connectivity index (χ1n) is 11.9. The van der Waals surface area contributed by atoms with Crippen LogP contribution in [0.1, 0.15) is 36.5 Å². The summed E-state index contributed by atoms with van der Waals surface area (Å²) in [6, 6.07) is 13.1. The van der Waals surface area contributed by atoms with Gasteiger partial charge in [-0.2, -0.15) is 0 Å². The van der Waals surface area contributed by atoms with Crippen LogP contribution in [-0.2, 0) is 4.79 Å². The monoisotopic (exact) mass is 446 g/mol. The van der Waals surface area contributed by atoms with Gasteiger partial charge in [0.1, 0.15) is 5.69 Å². The number of aromatic nitrogens is 1. The SMILES string of the molecule is CC(C(=O)N1CCCCC1)N1CCN(C(=O)c2cc(-c3ccco3)nc3ccccc23)CC1. The lowest BCUT2D eigenvalue weighted by Gasteiger charge is -2.39. The highest BCUT2D eigenvalue weighted by atomic mass is 16.3. The van der Waals surface area contributed by atoms with Gasteiger partial charge in [-0.05, 0) is 50.5 Å². The third-order valence-corrected chi connectivity index (χ3v) is 6.89. The minimum atomic E-state index is -0.146. The van der Waals surface area contributed by atoms with Gasteiger partial charge in [-0.1, -0.05) is 18.2 Å². The Hall–Kier alpha value is -3.19. The molecule has 2 fully saturated rings. The van der Waals surface area contributed by atoms with Gasteiger partial charge in [0.15, 0.2) is 5.76 Å². The van der Waals surface area contributed by atoms with E-state index in [0.29, 0.717) is 43.2 Å². The Morgan fingerprint density at radius 3 is 2.39 bits per heavy atom. The molecule has 2 saturated heterocycles. The smallest absolute Gasteiger partial charge is 0.254 e. The summed E-state index contributed by atoms with van der Waals surface area (Å²) in [5, 5.41) is 0.842. The lowest BCUT2D eigenvalue weighted by molar-refractivity contribution is -0.137. The van der Waals surface area contributed by atoms with Gasteiger partial charge in [0.05, 0.1) is 23.4 Å². The molecule has 0 saturated carbocycles. The number of furan rings is 1. The molecule has 5 rings (SSSR count). The standard InChI is InChI=1S/C26H30N4O3/c1-19(25(31)29-11-5-2-6-12-29)28-13-15-30(16-14-28)26(32)21-18-23(24-10-7-17-33-24)27-22-9-4-3-8-20(21)22/h3-4,7-10,17-19H,2,5-6,11-16H2,1H3. The molecule has 7 nitrogen and oxygen atoms in total. The number of benzene rings is 1. The van der Waals surface area contributed by atoms with Crippen molar-refractivity contribution in [2.45, 2.75) is 32.2 Å². The molecule has 3 aromatic rings. The first-order chi connectivity index (χ1) is 16.1. The molecular weight excluding hydrogens is 416 g/mol. The van der Waals surface area contributed by atoms with Gasteiger partial charge in [0, 0.05) is 44.7 Å². The van der Waals surface area contributed by atoms with Gasteiger partial charge in [0.25, 0.3) is 5.91 Å². The van der Waals surface area contributed by atoms with Crippen molar-refractivity contribution in [1.29, 1.82) is 0 Å². The molecule has 1 unspecified atom stereocenters. The lowest BCUT2D eigenvalue weighted by Crippen LogP contribution is -2.56. The summed E-state index contributed by atoms with van der Waals surface area (Å²) in [5.74, 6) is 0.860. The predicted octanol–water partition coefficient (Wildman–Crippen LogP) is 3.65. The molecule has 7 heteroatoms. The minimum absolute atomic E-state index is 0.00364. The van der Waals surface area contributed by atoms with E-state index in [2.05, 4.69) is 4.90 Å². The van der Waals surface area contributed by atoms with E-state index in [1.807, 2.05) is 59.2 Å². The molecule has 0 radical (unpaired) electrons. The van der Waals surface area contributed by atoms with E-state index in [9.17, 15) is 9.59 Å². The topological polar surface area (TPSA) is 69.9 Å². The van der Waals surface area contributed by atoms with E-state index in [4.69, 9.17) is 9.40 Å². The number of piperidine rings is 1. The van der Waals surface area contributed by atoms with E-state index in [0.717, 1.165) is 36.8 Å². The zero-order valence-corrected chi connectivity index (χ0v) is 19.1. The second-order valence-corrected chi connectivity index (χ2v) is 8.94. The van der Waals surface area contributed by atoms with Gasteiger partial charge in [-0.15, -0.1) is 0 Å². The van der Waals surface area contributed by atoms with Crippen molar-refractivity contribution in [2.75, 3.05) is 39.3 Å². The molecule has 2 aliphatic rings. The summed E-state index contributed by atoms with van der Waals surface area (Å²) >= 11 is 0. The molecule has 2 aliphatic heterocycles. The van der Waals surface area contributed by atoms with Crippen LogP contribution in [0.25, 0.3) is 22.4 Å². The number of carbonyl (C=O) groups is 2. The molecule has 0 aliphatic carbocycles. The zero-order valence-electron chi connectivity index (χ0n) is 19.1. The molecule has 172 valence electrons. The van der Waals surface area contributed by atoms with Crippen molar-refractivity contribution in [3.8, 4) is 11.5 Å². The molecule has 1 atom stereocenters. The van der Waals surface area contributed by atoms with Crippen LogP contribution in [0.3, 0.4) is 0 Å². The Morgan fingerprint density at radius 1 is 0.909 bits per heavy atom. The number of piperazine rings is 1. The Bertz CT molecular complexity index is 1130. The summed E-state index contributed by atoms with van der Waals surface area (Å²) in [4.78, 5) is 37.3. The molecule has 0 N–H and O–H groups in total. The Morgan fingerprint density at radius 2 is 1.67 bits per heavy atom. The molecule has 4 heterocycles. The van der Waals surface area contributed by atoms with Crippen LogP contribution in [0, 0.1) is 0 Å². The summed E-state index contributed by atoms with van der Waals surface area (Å²) < 4.78 is 5.53. The van der Waals surface area contributed by atoms with Crippen molar-refractivity contribution in [1.82, 2.24) is 19.7 Å². The van der Waals surface area contributed by atoms with Gasteiger partial charge < -0.3 is 14.2 Å². The molecular formula is C26H30N4O3. The van der Waals surface area contributed by atoms with Gasteiger partial charge in [-0.25, -0.2) is 4.98 Å². The molecule has 0 bridgehead atoms. The molecule has 0 spiro atoms. The van der Waals surface area contributed by atoms with E-state index < -0.39 is 0 Å². The summed E-state index contributed by atoms with van der Waals surface area (Å²) in [6.07, 6.45) is 5.02. The highest BCUT2D eigenvalue weighted by Gasteiger charge is 2.31. The number of carbonyl (C=O) groups excluding carboxylic acids is 2. The quantitative estimate of drug-likeness (QED) is 0.612. The predicted molar refractivity (Wildman–Crippen MR) is 127 cm³/mol. The van der Waals surface area contributed by atoms with Crippen LogP contribution in [0.4, 0.5) is 0 Å². The third kappa shape index (κ3) is 4.37. The minimum Gasteiger partial charge on any atom is -0.463 e. The number of fused-ring (bicyclic) bond motifs is 1. The summed E-state index contributed by atoms with van der Waals surface area (Å²) in [7, 11) is 0. The average molecular weight is 447 g/mol. The van der Waals surface area contributed by atoms with Crippen molar-refractivity contribution in [2.24, 2.45) is 0 Å². The summed E-state index contributed by atoms with van der Waals surface area (Å²) in [6.45, 7) is 6.33. The molecule has 1 aromatic carbocycles.